The van der Waals surface area contributed by atoms with Gasteiger partial charge >= 0.3 is 11.9 Å². The van der Waals surface area contributed by atoms with Crippen molar-refractivity contribution < 1.29 is 24.5 Å². The van der Waals surface area contributed by atoms with Crippen LogP contribution in [0.1, 0.15) is 20.7 Å². The SMILES string of the molecule is COc1cc(C(=O)O)c(Br)cc1C(=O)O. The first-order chi connectivity index (χ1) is 6.97. The van der Waals surface area contributed by atoms with E-state index in [9.17, 15) is 9.59 Å². The normalized spacial score (nSPS) is 9.73. The van der Waals surface area contributed by atoms with Crippen LogP contribution in [0.4, 0.5) is 0 Å². The summed E-state index contributed by atoms with van der Waals surface area (Å²) in [5.74, 6) is -2.32. The van der Waals surface area contributed by atoms with Crippen LogP contribution in [0.5, 0.6) is 5.75 Å². The molecule has 2 N–H and O–H groups in total. The lowest BCUT2D eigenvalue weighted by atomic mass is 10.1. The maximum absolute atomic E-state index is 10.8. The molecule has 0 aliphatic rings. The second kappa shape index (κ2) is 4.31. The Labute approximate surface area is 93.4 Å². The van der Waals surface area contributed by atoms with Gasteiger partial charge in [0.25, 0.3) is 0 Å². The molecule has 0 heterocycles. The Morgan fingerprint density at radius 1 is 1.20 bits per heavy atom. The number of hydrogen-bond acceptors (Lipinski definition) is 3. The highest BCUT2D eigenvalue weighted by atomic mass is 79.9. The Morgan fingerprint density at radius 2 is 1.73 bits per heavy atom. The Kier molecular flexibility index (Phi) is 3.31. The van der Waals surface area contributed by atoms with Crippen molar-refractivity contribution in [2.24, 2.45) is 0 Å². The van der Waals surface area contributed by atoms with Gasteiger partial charge in [-0.05, 0) is 28.1 Å². The van der Waals surface area contributed by atoms with Gasteiger partial charge in [0.15, 0.2) is 0 Å². The molecule has 0 fully saturated rings. The van der Waals surface area contributed by atoms with Crippen molar-refractivity contribution in [2.75, 3.05) is 7.11 Å². The molecule has 0 aliphatic carbocycles. The maximum atomic E-state index is 10.8. The van der Waals surface area contributed by atoms with Gasteiger partial charge in [-0.3, -0.25) is 0 Å². The monoisotopic (exact) mass is 274 g/mol. The highest BCUT2D eigenvalue weighted by Gasteiger charge is 2.17. The van der Waals surface area contributed by atoms with Gasteiger partial charge in [-0.15, -0.1) is 0 Å². The molecule has 0 atom stereocenters. The zero-order chi connectivity index (χ0) is 11.6. The molecule has 1 rings (SSSR count). The van der Waals surface area contributed by atoms with Gasteiger partial charge in [0.2, 0.25) is 0 Å². The van der Waals surface area contributed by atoms with Crippen LogP contribution >= 0.6 is 15.9 Å². The number of carboxylic acids is 2. The number of benzene rings is 1. The summed E-state index contributed by atoms with van der Waals surface area (Å²) in [4.78, 5) is 21.5. The molecule has 0 saturated carbocycles. The largest absolute Gasteiger partial charge is 0.496 e. The van der Waals surface area contributed by atoms with Gasteiger partial charge in [-0.2, -0.15) is 0 Å². The minimum absolute atomic E-state index is 0.0168. The van der Waals surface area contributed by atoms with Crippen LogP contribution in [0.25, 0.3) is 0 Å². The molecule has 0 aliphatic heterocycles. The van der Waals surface area contributed by atoms with Gasteiger partial charge in [0, 0.05) is 4.47 Å². The summed E-state index contributed by atoms with van der Waals surface area (Å²) >= 11 is 2.98. The third-order valence-corrected chi connectivity index (χ3v) is 2.41. The smallest absolute Gasteiger partial charge is 0.339 e. The first kappa shape index (κ1) is 11.5. The second-order valence-electron chi connectivity index (χ2n) is 2.64. The van der Waals surface area contributed by atoms with E-state index in [4.69, 9.17) is 14.9 Å². The predicted octanol–water partition coefficient (Wildman–Crippen LogP) is 1.85. The highest BCUT2D eigenvalue weighted by molar-refractivity contribution is 9.10. The number of halogens is 1. The van der Waals surface area contributed by atoms with Crippen LogP contribution < -0.4 is 4.74 Å². The Bertz CT molecular complexity index is 427. The van der Waals surface area contributed by atoms with Crippen LogP contribution in [0, 0.1) is 0 Å². The molecular formula is C9H7BrO5. The molecular weight excluding hydrogens is 268 g/mol. The molecule has 0 bridgehead atoms. The minimum atomic E-state index is -1.18. The van der Waals surface area contributed by atoms with Gasteiger partial charge in [0.1, 0.15) is 11.3 Å². The lowest BCUT2D eigenvalue weighted by Crippen LogP contribution is -2.05. The van der Waals surface area contributed by atoms with E-state index in [1.165, 1.54) is 13.2 Å². The zero-order valence-electron chi connectivity index (χ0n) is 7.65. The minimum Gasteiger partial charge on any atom is -0.496 e. The fraction of sp³-hybridized carbons (Fsp3) is 0.111. The number of carbonyl (C=O) groups is 2. The molecule has 15 heavy (non-hydrogen) atoms. The molecule has 0 aromatic heterocycles. The number of methoxy groups -OCH3 is 1. The van der Waals surface area contributed by atoms with Gasteiger partial charge < -0.3 is 14.9 Å². The van der Waals surface area contributed by atoms with Crippen LogP contribution in [-0.4, -0.2) is 29.3 Å². The van der Waals surface area contributed by atoms with Crippen molar-refractivity contribution in [1.82, 2.24) is 0 Å². The van der Waals surface area contributed by atoms with Crippen LogP contribution in [-0.2, 0) is 0 Å². The molecule has 6 heteroatoms. The third-order valence-electron chi connectivity index (χ3n) is 1.75. The summed E-state index contributed by atoms with van der Waals surface area (Å²) in [6.07, 6.45) is 0. The van der Waals surface area contributed by atoms with E-state index >= 15 is 0 Å². The average Bonchev–Trinajstić information content (AvgIpc) is 2.16. The quantitative estimate of drug-likeness (QED) is 0.879. The van der Waals surface area contributed by atoms with E-state index in [1.54, 1.807) is 0 Å². The summed E-state index contributed by atoms with van der Waals surface area (Å²) in [5, 5.41) is 17.6. The number of ether oxygens (including phenoxy) is 1. The van der Waals surface area contributed by atoms with Crippen molar-refractivity contribution in [3.8, 4) is 5.75 Å². The predicted molar refractivity (Wildman–Crippen MR) is 54.6 cm³/mol. The first-order valence-corrected chi connectivity index (χ1v) is 4.60. The molecule has 5 nitrogen and oxygen atoms in total. The van der Waals surface area contributed by atoms with Crippen molar-refractivity contribution in [1.29, 1.82) is 0 Å². The summed E-state index contributed by atoms with van der Waals surface area (Å²) < 4.78 is 4.99. The molecule has 0 saturated heterocycles. The van der Waals surface area contributed by atoms with Crippen molar-refractivity contribution in [2.45, 2.75) is 0 Å². The molecule has 80 valence electrons. The van der Waals surface area contributed by atoms with E-state index in [-0.39, 0.29) is 21.3 Å². The lowest BCUT2D eigenvalue weighted by molar-refractivity contribution is 0.0677. The van der Waals surface area contributed by atoms with E-state index in [1.807, 2.05) is 0 Å². The molecule has 1 aromatic carbocycles. The molecule has 0 unspecified atom stereocenters. The molecule has 1 aromatic rings. The lowest BCUT2D eigenvalue weighted by Gasteiger charge is -2.07. The Morgan fingerprint density at radius 3 is 2.13 bits per heavy atom. The van der Waals surface area contributed by atoms with Crippen molar-refractivity contribution in [3.05, 3.63) is 27.7 Å². The third kappa shape index (κ3) is 2.27. The number of aromatic carboxylic acids is 2. The van der Waals surface area contributed by atoms with Crippen LogP contribution in [0.2, 0.25) is 0 Å². The summed E-state index contributed by atoms with van der Waals surface area (Å²) in [7, 11) is 1.28. The Hall–Kier alpha value is -1.56. The first-order valence-electron chi connectivity index (χ1n) is 3.81. The second-order valence-corrected chi connectivity index (χ2v) is 3.50. The van der Waals surface area contributed by atoms with E-state index in [0.29, 0.717) is 0 Å². The van der Waals surface area contributed by atoms with Crippen molar-refractivity contribution >= 4 is 27.9 Å². The topological polar surface area (TPSA) is 83.8 Å². The van der Waals surface area contributed by atoms with Gasteiger partial charge in [0.05, 0.1) is 12.7 Å². The molecule has 0 radical (unpaired) electrons. The molecule has 0 amide bonds. The van der Waals surface area contributed by atoms with E-state index < -0.39 is 11.9 Å². The maximum Gasteiger partial charge on any atom is 0.339 e. The van der Waals surface area contributed by atoms with Gasteiger partial charge in [-0.1, -0.05) is 0 Å². The fourth-order valence-corrected chi connectivity index (χ4v) is 1.57. The van der Waals surface area contributed by atoms with E-state index in [2.05, 4.69) is 15.9 Å². The van der Waals surface area contributed by atoms with Crippen molar-refractivity contribution in [3.63, 3.8) is 0 Å². The number of hydrogen-bond donors (Lipinski definition) is 2. The Balaban J connectivity index is 3.42. The number of carboxylic acid groups (broad SMARTS) is 2. The zero-order valence-corrected chi connectivity index (χ0v) is 9.24. The summed E-state index contributed by atoms with van der Waals surface area (Å²) in [6.45, 7) is 0. The van der Waals surface area contributed by atoms with Crippen LogP contribution in [0.3, 0.4) is 0 Å². The summed E-state index contributed by atoms with van der Waals surface area (Å²) in [5.41, 5.74) is -0.133. The van der Waals surface area contributed by atoms with E-state index in [0.717, 1.165) is 6.07 Å². The summed E-state index contributed by atoms with van der Waals surface area (Å²) in [6, 6.07) is 2.36. The number of rotatable bonds is 3. The highest BCUT2D eigenvalue weighted by Crippen LogP contribution is 2.27. The molecule has 0 spiro atoms. The standard InChI is InChI=1S/C9H7BrO5/c1-15-7-3-4(8(11)12)6(10)2-5(7)9(13)14/h2-3H,1H3,(H,11,12)(H,13,14). The van der Waals surface area contributed by atoms with Crippen LogP contribution in [0.15, 0.2) is 16.6 Å². The fourth-order valence-electron chi connectivity index (χ4n) is 1.05. The van der Waals surface area contributed by atoms with Gasteiger partial charge in [-0.25, -0.2) is 9.59 Å². The average molecular weight is 275 g/mol.